The molecule has 1 aliphatic carbocycles. The number of thiophene rings is 1. The van der Waals surface area contributed by atoms with Crippen molar-refractivity contribution in [2.75, 3.05) is 46.0 Å². The van der Waals surface area contributed by atoms with Crippen LogP contribution >= 0.6 is 11.3 Å². The first-order valence-electron chi connectivity index (χ1n) is 10.6. The first-order valence-corrected chi connectivity index (χ1v) is 11.4. The summed E-state index contributed by atoms with van der Waals surface area (Å²) < 4.78 is 12.0. The molecule has 5 nitrogen and oxygen atoms in total. The summed E-state index contributed by atoms with van der Waals surface area (Å²) in [5.41, 5.74) is 1.16. The lowest BCUT2D eigenvalue weighted by Gasteiger charge is -2.40. The standard InChI is InChI=1S/C21H28N2O3S/c24-20(23-9-13-7-14-11-25-12-16(14)15(13)10-23)19-8-17-18(27-19)1-6-26-21(17)2-4-22-5-3-21/h8,13-16,22H,1-7,9-12H2/t13-,14+,15+,16-/m0/s1. The van der Waals surface area contributed by atoms with Crippen molar-refractivity contribution in [3.63, 3.8) is 0 Å². The number of nitrogens with zero attached hydrogens (tertiary/aromatic N) is 1. The summed E-state index contributed by atoms with van der Waals surface area (Å²) in [5, 5.41) is 3.44. The van der Waals surface area contributed by atoms with E-state index in [1.54, 1.807) is 11.3 Å². The Hall–Kier alpha value is -0.950. The third-order valence-electron chi connectivity index (χ3n) is 7.81. The molecule has 6 rings (SSSR count). The average molecular weight is 389 g/mol. The Morgan fingerprint density at radius 3 is 2.96 bits per heavy atom. The maximum atomic E-state index is 13.3. The van der Waals surface area contributed by atoms with Gasteiger partial charge in [0.05, 0.1) is 23.7 Å². The molecular weight excluding hydrogens is 360 g/mol. The van der Waals surface area contributed by atoms with E-state index in [1.807, 2.05) is 0 Å². The molecule has 4 atom stereocenters. The monoisotopic (exact) mass is 388 g/mol. The maximum Gasteiger partial charge on any atom is 0.263 e. The molecule has 1 N–H and O–H groups in total. The number of fused-ring (bicyclic) bond motifs is 5. The molecule has 1 aromatic heterocycles. The van der Waals surface area contributed by atoms with Gasteiger partial charge in [-0.3, -0.25) is 4.79 Å². The molecule has 0 radical (unpaired) electrons. The highest BCUT2D eigenvalue weighted by Crippen LogP contribution is 2.49. The minimum Gasteiger partial charge on any atom is -0.381 e. The summed E-state index contributed by atoms with van der Waals surface area (Å²) in [6.07, 6.45) is 4.24. The normalized spacial score (nSPS) is 36.7. The fourth-order valence-corrected chi connectivity index (χ4v) is 7.64. The van der Waals surface area contributed by atoms with Crippen molar-refractivity contribution in [2.24, 2.45) is 23.7 Å². The third-order valence-corrected chi connectivity index (χ3v) is 8.99. The average Bonchev–Trinajstić information content (AvgIpc) is 3.42. The van der Waals surface area contributed by atoms with Crippen molar-refractivity contribution < 1.29 is 14.3 Å². The Bertz CT molecular complexity index is 757. The van der Waals surface area contributed by atoms with E-state index in [4.69, 9.17) is 9.47 Å². The van der Waals surface area contributed by atoms with E-state index in [0.29, 0.717) is 17.8 Å². The Labute approximate surface area is 164 Å². The molecule has 0 aromatic carbocycles. The summed E-state index contributed by atoms with van der Waals surface area (Å²) in [7, 11) is 0. The number of nitrogens with one attached hydrogen (secondary N) is 1. The Kier molecular flexibility index (Phi) is 3.94. The first-order chi connectivity index (χ1) is 13.2. The largest absolute Gasteiger partial charge is 0.381 e. The van der Waals surface area contributed by atoms with E-state index in [-0.39, 0.29) is 11.5 Å². The van der Waals surface area contributed by atoms with Crippen molar-refractivity contribution >= 4 is 17.2 Å². The molecule has 4 fully saturated rings. The summed E-state index contributed by atoms with van der Waals surface area (Å²) in [6, 6.07) is 2.18. The SMILES string of the molecule is O=C(c1cc2c(s1)CCOC21CCNCC1)N1C[C@@H]2C[C@@H]3COC[C@@H]3[C@@H]2C1. The van der Waals surface area contributed by atoms with Crippen molar-refractivity contribution in [1.29, 1.82) is 0 Å². The summed E-state index contributed by atoms with van der Waals surface area (Å²) in [6.45, 7) is 6.53. The van der Waals surface area contributed by atoms with Gasteiger partial charge in [0.2, 0.25) is 0 Å². The Balaban J connectivity index is 1.24. The van der Waals surface area contributed by atoms with Crippen molar-refractivity contribution in [1.82, 2.24) is 10.2 Å². The smallest absolute Gasteiger partial charge is 0.263 e. The zero-order valence-electron chi connectivity index (χ0n) is 15.7. The van der Waals surface area contributed by atoms with Crippen molar-refractivity contribution in [2.45, 2.75) is 31.3 Å². The molecule has 5 heterocycles. The van der Waals surface area contributed by atoms with E-state index in [9.17, 15) is 4.79 Å². The van der Waals surface area contributed by atoms with Gasteiger partial charge in [-0.05, 0) is 67.7 Å². The van der Waals surface area contributed by atoms with E-state index in [1.165, 1.54) is 16.9 Å². The molecule has 1 spiro atoms. The molecule has 1 saturated carbocycles. The van der Waals surface area contributed by atoms with Gasteiger partial charge >= 0.3 is 0 Å². The van der Waals surface area contributed by atoms with Gasteiger partial charge in [-0.2, -0.15) is 0 Å². The fourth-order valence-electron chi connectivity index (χ4n) is 6.44. The second-order valence-corrected chi connectivity index (χ2v) is 10.3. The molecule has 5 aliphatic rings. The first kappa shape index (κ1) is 17.0. The molecule has 6 heteroatoms. The summed E-state index contributed by atoms with van der Waals surface area (Å²) in [4.78, 5) is 17.8. The van der Waals surface area contributed by atoms with Crippen LogP contribution in [-0.2, 0) is 21.5 Å². The van der Waals surface area contributed by atoms with Gasteiger partial charge in [0.1, 0.15) is 0 Å². The predicted molar refractivity (Wildman–Crippen MR) is 103 cm³/mol. The van der Waals surface area contributed by atoms with Gasteiger partial charge in [0.15, 0.2) is 0 Å². The summed E-state index contributed by atoms with van der Waals surface area (Å²) in [5.74, 6) is 3.05. The lowest BCUT2D eigenvalue weighted by atomic mass is 9.83. The van der Waals surface area contributed by atoms with Crippen LogP contribution in [0.1, 0.15) is 39.4 Å². The van der Waals surface area contributed by atoms with Crippen LogP contribution in [-0.4, -0.2) is 56.8 Å². The topological polar surface area (TPSA) is 50.8 Å². The van der Waals surface area contributed by atoms with Crippen LogP contribution in [0.15, 0.2) is 6.07 Å². The third kappa shape index (κ3) is 2.56. The molecule has 0 unspecified atom stereocenters. The molecule has 146 valence electrons. The van der Waals surface area contributed by atoms with Gasteiger partial charge in [-0.1, -0.05) is 0 Å². The van der Waals surface area contributed by atoms with Crippen LogP contribution in [0, 0.1) is 23.7 Å². The van der Waals surface area contributed by atoms with Crippen molar-refractivity contribution in [3.05, 3.63) is 21.4 Å². The molecule has 27 heavy (non-hydrogen) atoms. The van der Waals surface area contributed by atoms with Crippen LogP contribution in [0.3, 0.4) is 0 Å². The van der Waals surface area contributed by atoms with Gasteiger partial charge in [0, 0.05) is 31.0 Å². The lowest BCUT2D eigenvalue weighted by Crippen LogP contribution is -2.44. The number of piperidine rings is 1. The number of ether oxygens (including phenoxy) is 2. The second kappa shape index (κ2) is 6.28. The zero-order chi connectivity index (χ0) is 18.0. The highest BCUT2D eigenvalue weighted by molar-refractivity contribution is 7.14. The molecule has 1 aromatic rings. The molecule has 3 saturated heterocycles. The van der Waals surface area contributed by atoms with Gasteiger partial charge in [-0.25, -0.2) is 0 Å². The molecule has 4 aliphatic heterocycles. The number of carbonyl (C=O) groups excluding carboxylic acids is 1. The predicted octanol–water partition coefficient (Wildman–Crippen LogP) is 2.25. The zero-order valence-corrected chi connectivity index (χ0v) is 16.6. The Morgan fingerprint density at radius 1 is 1.19 bits per heavy atom. The number of rotatable bonds is 1. The molecular formula is C21H28N2O3S. The molecule has 1 amide bonds. The van der Waals surface area contributed by atoms with Crippen LogP contribution < -0.4 is 5.32 Å². The van der Waals surface area contributed by atoms with E-state index in [2.05, 4.69) is 16.3 Å². The Morgan fingerprint density at radius 2 is 2.07 bits per heavy atom. The van der Waals surface area contributed by atoms with Crippen LogP contribution in [0.5, 0.6) is 0 Å². The van der Waals surface area contributed by atoms with E-state index < -0.39 is 0 Å². The quantitative estimate of drug-likeness (QED) is 0.802. The van der Waals surface area contributed by atoms with Gasteiger partial charge in [-0.15, -0.1) is 11.3 Å². The number of likely N-dealkylation sites (tertiary alicyclic amines) is 1. The van der Waals surface area contributed by atoms with E-state index in [0.717, 1.165) is 76.1 Å². The number of hydrogen-bond acceptors (Lipinski definition) is 5. The fraction of sp³-hybridized carbons (Fsp3) is 0.762. The number of carbonyl (C=O) groups is 1. The highest BCUT2D eigenvalue weighted by Gasteiger charge is 2.51. The van der Waals surface area contributed by atoms with Gasteiger partial charge < -0.3 is 19.7 Å². The molecule has 0 bridgehead atoms. The van der Waals surface area contributed by atoms with Crippen molar-refractivity contribution in [3.8, 4) is 0 Å². The summed E-state index contributed by atoms with van der Waals surface area (Å²) >= 11 is 1.73. The maximum absolute atomic E-state index is 13.3. The van der Waals surface area contributed by atoms with Gasteiger partial charge in [0.25, 0.3) is 5.91 Å². The number of hydrogen-bond donors (Lipinski definition) is 1. The number of amides is 1. The van der Waals surface area contributed by atoms with Crippen LogP contribution in [0.2, 0.25) is 0 Å². The highest BCUT2D eigenvalue weighted by atomic mass is 32.1. The second-order valence-electron chi connectivity index (χ2n) is 9.12. The minimum atomic E-state index is -0.149. The lowest BCUT2D eigenvalue weighted by molar-refractivity contribution is -0.0792. The van der Waals surface area contributed by atoms with E-state index >= 15 is 0 Å². The minimum absolute atomic E-state index is 0.149. The van der Waals surface area contributed by atoms with Crippen LogP contribution in [0.25, 0.3) is 0 Å². The van der Waals surface area contributed by atoms with Crippen LogP contribution in [0.4, 0.5) is 0 Å².